The molecule has 0 fully saturated rings. The number of hydrogen-bond acceptors (Lipinski definition) is 2. The fourth-order valence-corrected chi connectivity index (χ4v) is 2.37. The number of aromatic amines is 1. The third-order valence-electron chi connectivity index (χ3n) is 3.14. The number of fused-ring (bicyclic) bond motifs is 3. The highest BCUT2D eigenvalue weighted by molar-refractivity contribution is 5.96. The molecular formula is C13H13N3O. The first-order valence-electron chi connectivity index (χ1n) is 5.60. The summed E-state index contributed by atoms with van der Waals surface area (Å²) in [6.45, 7) is 0.808. The molecule has 0 atom stereocenters. The zero-order valence-corrected chi connectivity index (χ0v) is 9.29. The van der Waals surface area contributed by atoms with Crippen LogP contribution < -0.4 is 11.1 Å². The van der Waals surface area contributed by atoms with Gasteiger partial charge in [-0.15, -0.1) is 0 Å². The van der Waals surface area contributed by atoms with Crippen LogP contribution >= 0.6 is 0 Å². The van der Waals surface area contributed by atoms with Gasteiger partial charge in [0.25, 0.3) is 5.91 Å². The molecule has 0 spiro atoms. The second-order valence-electron chi connectivity index (χ2n) is 4.14. The molecule has 2 heterocycles. The number of carbonyl (C=O) groups excluding carboxylic acids is 1. The van der Waals surface area contributed by atoms with Crippen molar-refractivity contribution in [3.63, 3.8) is 0 Å². The van der Waals surface area contributed by atoms with Gasteiger partial charge in [0, 0.05) is 29.6 Å². The number of para-hydroxylation sites is 1. The fourth-order valence-electron chi connectivity index (χ4n) is 2.37. The van der Waals surface area contributed by atoms with Crippen LogP contribution in [-0.4, -0.2) is 17.4 Å². The summed E-state index contributed by atoms with van der Waals surface area (Å²) in [5, 5.41) is 3.36. The van der Waals surface area contributed by atoms with Gasteiger partial charge in [0.05, 0.1) is 0 Å². The molecule has 1 aliphatic rings. The third kappa shape index (κ3) is 1.49. The number of carbonyl (C=O) groups is 1. The Morgan fingerprint density at radius 1 is 1.24 bits per heavy atom. The number of amides is 1. The number of rotatable bonds is 1. The average Bonchev–Trinajstić information content (AvgIpc) is 2.66. The van der Waals surface area contributed by atoms with Crippen LogP contribution in [0.15, 0.2) is 30.5 Å². The Morgan fingerprint density at radius 2 is 2.06 bits per heavy atom. The number of anilines is 1. The molecule has 0 saturated heterocycles. The van der Waals surface area contributed by atoms with Crippen molar-refractivity contribution < 1.29 is 4.79 Å². The molecule has 4 heteroatoms. The molecule has 86 valence electrons. The predicted octanol–water partition coefficient (Wildman–Crippen LogP) is 1.75. The van der Waals surface area contributed by atoms with Crippen LogP contribution in [0, 0.1) is 0 Å². The topological polar surface area (TPSA) is 70.9 Å². The van der Waals surface area contributed by atoms with E-state index in [1.54, 1.807) is 0 Å². The highest BCUT2D eigenvalue weighted by Gasteiger charge is 2.20. The van der Waals surface area contributed by atoms with E-state index < -0.39 is 5.91 Å². The Balaban J connectivity index is 2.24. The standard InChI is InChI=1S/C13H13N3O/c14-13(17)12-9-5-6-15-11-4-2-1-3-8(11)10(9)7-16-12/h1-4,7,15-16H,5-6H2,(H2,14,17). The lowest BCUT2D eigenvalue weighted by molar-refractivity contribution is 0.0995. The molecule has 1 aromatic carbocycles. The molecule has 0 bridgehead atoms. The summed E-state index contributed by atoms with van der Waals surface area (Å²) in [6.07, 6.45) is 2.66. The Kier molecular flexibility index (Phi) is 2.14. The van der Waals surface area contributed by atoms with Crippen LogP contribution in [0.2, 0.25) is 0 Å². The van der Waals surface area contributed by atoms with Crippen molar-refractivity contribution >= 4 is 11.6 Å². The maximum atomic E-state index is 11.3. The minimum atomic E-state index is -0.398. The lowest BCUT2D eigenvalue weighted by atomic mass is 10.0. The van der Waals surface area contributed by atoms with Gasteiger partial charge in [-0.25, -0.2) is 0 Å². The van der Waals surface area contributed by atoms with E-state index in [9.17, 15) is 4.79 Å². The van der Waals surface area contributed by atoms with E-state index in [0.29, 0.717) is 5.69 Å². The summed E-state index contributed by atoms with van der Waals surface area (Å²) in [4.78, 5) is 14.3. The maximum absolute atomic E-state index is 11.3. The number of hydrogen-bond donors (Lipinski definition) is 3. The van der Waals surface area contributed by atoms with E-state index in [2.05, 4.69) is 10.3 Å². The Hall–Kier alpha value is -2.23. The first-order valence-corrected chi connectivity index (χ1v) is 5.60. The second kappa shape index (κ2) is 3.66. The van der Waals surface area contributed by atoms with Gasteiger partial charge >= 0.3 is 0 Å². The van der Waals surface area contributed by atoms with Crippen LogP contribution in [-0.2, 0) is 6.42 Å². The Labute approximate surface area is 98.8 Å². The summed E-state index contributed by atoms with van der Waals surface area (Å²) >= 11 is 0. The van der Waals surface area contributed by atoms with Gasteiger partial charge in [-0.1, -0.05) is 18.2 Å². The SMILES string of the molecule is NC(=O)c1[nH]cc2c1CCNc1ccccc1-2. The van der Waals surface area contributed by atoms with E-state index in [0.717, 1.165) is 35.3 Å². The quantitative estimate of drug-likeness (QED) is 0.694. The minimum Gasteiger partial charge on any atom is -0.384 e. The zero-order valence-electron chi connectivity index (χ0n) is 9.29. The molecule has 1 aromatic heterocycles. The van der Waals surface area contributed by atoms with Crippen molar-refractivity contribution in [3.05, 3.63) is 41.7 Å². The molecule has 1 aliphatic heterocycles. The van der Waals surface area contributed by atoms with Crippen molar-refractivity contribution in [1.29, 1.82) is 0 Å². The van der Waals surface area contributed by atoms with E-state index >= 15 is 0 Å². The van der Waals surface area contributed by atoms with Gasteiger partial charge in [0.1, 0.15) is 5.69 Å². The van der Waals surface area contributed by atoms with Crippen molar-refractivity contribution in [2.24, 2.45) is 5.73 Å². The number of H-pyrrole nitrogens is 1. The average molecular weight is 227 g/mol. The van der Waals surface area contributed by atoms with Gasteiger partial charge in [0.2, 0.25) is 0 Å². The summed E-state index contributed by atoms with van der Waals surface area (Å²) in [5.74, 6) is -0.398. The van der Waals surface area contributed by atoms with Crippen molar-refractivity contribution in [1.82, 2.24) is 4.98 Å². The molecule has 3 rings (SSSR count). The van der Waals surface area contributed by atoms with E-state index in [4.69, 9.17) is 5.73 Å². The van der Waals surface area contributed by atoms with Crippen LogP contribution in [0.25, 0.3) is 11.1 Å². The summed E-state index contributed by atoms with van der Waals surface area (Å²) < 4.78 is 0. The molecule has 4 nitrogen and oxygen atoms in total. The van der Waals surface area contributed by atoms with Gasteiger partial charge in [-0.3, -0.25) is 4.79 Å². The molecule has 2 aromatic rings. The van der Waals surface area contributed by atoms with Crippen LogP contribution in [0.5, 0.6) is 0 Å². The maximum Gasteiger partial charge on any atom is 0.265 e. The molecule has 0 aliphatic carbocycles. The van der Waals surface area contributed by atoms with Crippen molar-refractivity contribution in [2.45, 2.75) is 6.42 Å². The van der Waals surface area contributed by atoms with Gasteiger partial charge in [-0.05, 0) is 18.1 Å². The van der Waals surface area contributed by atoms with E-state index in [1.165, 1.54) is 0 Å². The molecular weight excluding hydrogens is 214 g/mol. The third-order valence-corrected chi connectivity index (χ3v) is 3.14. The Morgan fingerprint density at radius 3 is 2.88 bits per heavy atom. The number of nitrogens with two attached hydrogens (primary N) is 1. The van der Waals surface area contributed by atoms with Crippen LogP contribution in [0.1, 0.15) is 16.1 Å². The van der Waals surface area contributed by atoms with Crippen LogP contribution in [0.4, 0.5) is 5.69 Å². The highest BCUT2D eigenvalue weighted by atomic mass is 16.1. The first kappa shape index (κ1) is 9.96. The zero-order chi connectivity index (χ0) is 11.8. The first-order chi connectivity index (χ1) is 8.27. The molecule has 17 heavy (non-hydrogen) atoms. The smallest absolute Gasteiger partial charge is 0.265 e. The molecule has 1 amide bonds. The van der Waals surface area contributed by atoms with Crippen LogP contribution in [0.3, 0.4) is 0 Å². The predicted molar refractivity (Wildman–Crippen MR) is 66.9 cm³/mol. The molecule has 4 N–H and O–H groups in total. The summed E-state index contributed by atoms with van der Waals surface area (Å²) in [6, 6.07) is 8.08. The number of primary amides is 1. The number of aromatic nitrogens is 1. The van der Waals surface area contributed by atoms with E-state index in [1.807, 2.05) is 30.5 Å². The van der Waals surface area contributed by atoms with Crippen molar-refractivity contribution in [2.75, 3.05) is 11.9 Å². The van der Waals surface area contributed by atoms with Gasteiger partial charge < -0.3 is 16.0 Å². The highest BCUT2D eigenvalue weighted by Crippen LogP contribution is 2.34. The normalized spacial score (nSPS) is 13.2. The monoisotopic (exact) mass is 227 g/mol. The number of nitrogens with one attached hydrogen (secondary N) is 2. The summed E-state index contributed by atoms with van der Waals surface area (Å²) in [7, 11) is 0. The summed E-state index contributed by atoms with van der Waals surface area (Å²) in [5.41, 5.74) is 10.2. The van der Waals surface area contributed by atoms with Gasteiger partial charge in [-0.2, -0.15) is 0 Å². The van der Waals surface area contributed by atoms with Gasteiger partial charge in [0.15, 0.2) is 0 Å². The van der Waals surface area contributed by atoms with E-state index in [-0.39, 0.29) is 0 Å². The van der Waals surface area contributed by atoms with Crippen molar-refractivity contribution in [3.8, 4) is 11.1 Å². The second-order valence-corrected chi connectivity index (χ2v) is 4.14. The lowest BCUT2D eigenvalue weighted by Crippen LogP contribution is -2.14. The molecule has 0 radical (unpaired) electrons. The minimum absolute atomic E-state index is 0.398. The molecule has 0 unspecified atom stereocenters. The fraction of sp³-hybridized carbons (Fsp3) is 0.154. The molecule has 0 saturated carbocycles. The Bertz CT molecular complexity index is 586. The lowest BCUT2D eigenvalue weighted by Gasteiger charge is -2.06. The number of benzene rings is 1. The largest absolute Gasteiger partial charge is 0.384 e.